The van der Waals surface area contributed by atoms with Crippen molar-refractivity contribution in [3.8, 4) is 5.75 Å². The summed E-state index contributed by atoms with van der Waals surface area (Å²) in [6, 6.07) is 13.2. The molecule has 1 aliphatic carbocycles. The van der Waals surface area contributed by atoms with Crippen molar-refractivity contribution in [3.63, 3.8) is 0 Å². The predicted octanol–water partition coefficient (Wildman–Crippen LogP) is 2.79. The second-order valence-electron chi connectivity index (χ2n) is 7.93. The van der Waals surface area contributed by atoms with Gasteiger partial charge in [-0.3, -0.25) is 4.79 Å². The Labute approximate surface area is 178 Å². The van der Waals surface area contributed by atoms with Crippen LogP contribution in [-0.2, 0) is 27.7 Å². The van der Waals surface area contributed by atoms with Gasteiger partial charge in [0.15, 0.2) is 0 Å². The Hall–Kier alpha value is -2.38. The van der Waals surface area contributed by atoms with Gasteiger partial charge >= 0.3 is 0 Å². The zero-order chi connectivity index (χ0) is 21.1. The Bertz CT molecular complexity index is 1030. The van der Waals surface area contributed by atoms with Crippen molar-refractivity contribution >= 4 is 15.9 Å². The molecule has 1 amide bonds. The second-order valence-corrected chi connectivity index (χ2v) is 9.87. The molecular formula is C23H28N2O4S. The third kappa shape index (κ3) is 4.37. The number of hydrogen-bond donors (Lipinski definition) is 0. The molecule has 1 saturated heterocycles. The van der Waals surface area contributed by atoms with Crippen LogP contribution >= 0.6 is 0 Å². The van der Waals surface area contributed by atoms with E-state index in [2.05, 4.69) is 0 Å². The molecule has 30 heavy (non-hydrogen) atoms. The van der Waals surface area contributed by atoms with Crippen LogP contribution < -0.4 is 4.74 Å². The van der Waals surface area contributed by atoms with Crippen molar-refractivity contribution < 1.29 is 17.9 Å². The fraction of sp³-hybridized carbons (Fsp3) is 0.435. The fourth-order valence-electron chi connectivity index (χ4n) is 4.16. The molecule has 0 unspecified atom stereocenters. The molecule has 0 radical (unpaired) electrons. The number of sulfonamides is 1. The lowest BCUT2D eigenvalue weighted by Crippen LogP contribution is -2.50. The summed E-state index contributed by atoms with van der Waals surface area (Å²) in [4.78, 5) is 14.6. The predicted molar refractivity (Wildman–Crippen MR) is 115 cm³/mol. The van der Waals surface area contributed by atoms with E-state index >= 15 is 0 Å². The Morgan fingerprint density at radius 1 is 1.00 bits per heavy atom. The van der Waals surface area contributed by atoms with Crippen molar-refractivity contribution in [2.45, 2.75) is 37.5 Å². The average Bonchev–Trinajstić information content (AvgIpc) is 3.23. The Morgan fingerprint density at radius 3 is 2.50 bits per heavy atom. The van der Waals surface area contributed by atoms with Gasteiger partial charge in [-0.2, -0.15) is 4.31 Å². The third-order valence-electron chi connectivity index (χ3n) is 5.97. The van der Waals surface area contributed by atoms with Gasteiger partial charge in [0, 0.05) is 26.2 Å². The minimum atomic E-state index is -3.52. The molecule has 1 fully saturated rings. The zero-order valence-corrected chi connectivity index (χ0v) is 18.2. The lowest BCUT2D eigenvalue weighted by Gasteiger charge is -2.34. The molecule has 2 aromatic carbocycles. The van der Waals surface area contributed by atoms with Gasteiger partial charge in [-0.05, 0) is 61.1 Å². The molecule has 4 rings (SSSR count). The lowest BCUT2D eigenvalue weighted by molar-refractivity contribution is -0.132. The van der Waals surface area contributed by atoms with E-state index in [0.29, 0.717) is 37.7 Å². The number of carbonyl (C=O) groups is 1. The highest BCUT2D eigenvalue weighted by molar-refractivity contribution is 7.89. The number of aryl methyl sites for hydroxylation is 3. The largest absolute Gasteiger partial charge is 0.493 e. The van der Waals surface area contributed by atoms with E-state index in [1.807, 2.05) is 43.3 Å². The van der Waals surface area contributed by atoms with E-state index < -0.39 is 10.0 Å². The molecule has 2 aromatic rings. The van der Waals surface area contributed by atoms with Crippen LogP contribution in [0.5, 0.6) is 5.75 Å². The minimum Gasteiger partial charge on any atom is -0.493 e. The summed E-state index contributed by atoms with van der Waals surface area (Å²) in [7, 11) is -3.52. The summed E-state index contributed by atoms with van der Waals surface area (Å²) in [6.45, 7) is 3.75. The third-order valence-corrected chi connectivity index (χ3v) is 7.86. The van der Waals surface area contributed by atoms with E-state index in [4.69, 9.17) is 4.74 Å². The maximum atomic E-state index is 13.0. The summed E-state index contributed by atoms with van der Waals surface area (Å²) in [5, 5.41) is 0. The summed E-state index contributed by atoms with van der Waals surface area (Å²) in [6.07, 6.45) is 3.36. The van der Waals surface area contributed by atoms with Gasteiger partial charge in [0.05, 0.1) is 17.9 Å². The van der Waals surface area contributed by atoms with Crippen LogP contribution in [-0.4, -0.2) is 56.3 Å². The van der Waals surface area contributed by atoms with E-state index in [1.54, 1.807) is 11.0 Å². The summed E-state index contributed by atoms with van der Waals surface area (Å²) < 4.78 is 33.3. The molecule has 0 saturated carbocycles. The van der Waals surface area contributed by atoms with Crippen LogP contribution in [0.15, 0.2) is 47.4 Å². The number of fused-ring (bicyclic) bond motifs is 1. The van der Waals surface area contributed by atoms with Crippen molar-refractivity contribution in [1.29, 1.82) is 0 Å². The molecule has 0 bridgehead atoms. The molecule has 0 aromatic heterocycles. The van der Waals surface area contributed by atoms with Crippen LogP contribution in [0, 0.1) is 6.92 Å². The Kier molecular flexibility index (Phi) is 6.11. The lowest BCUT2D eigenvalue weighted by atomic mass is 10.1. The monoisotopic (exact) mass is 428 g/mol. The van der Waals surface area contributed by atoms with Gasteiger partial charge < -0.3 is 9.64 Å². The fourth-order valence-corrected chi connectivity index (χ4v) is 5.63. The maximum Gasteiger partial charge on any atom is 0.243 e. The highest BCUT2D eigenvalue weighted by Crippen LogP contribution is 2.26. The number of para-hydroxylation sites is 1. The Morgan fingerprint density at radius 2 is 1.73 bits per heavy atom. The van der Waals surface area contributed by atoms with Crippen LogP contribution in [0.4, 0.5) is 0 Å². The van der Waals surface area contributed by atoms with E-state index in [1.165, 1.54) is 9.87 Å². The van der Waals surface area contributed by atoms with Crippen LogP contribution in [0.25, 0.3) is 0 Å². The summed E-state index contributed by atoms with van der Waals surface area (Å²) in [5.41, 5.74) is 3.45. The molecule has 1 aliphatic heterocycles. The van der Waals surface area contributed by atoms with Crippen molar-refractivity contribution in [2.75, 3.05) is 32.8 Å². The molecule has 0 spiro atoms. The molecule has 0 atom stereocenters. The van der Waals surface area contributed by atoms with Gasteiger partial charge in [-0.1, -0.05) is 24.3 Å². The number of benzene rings is 2. The number of hydrogen-bond acceptors (Lipinski definition) is 4. The SMILES string of the molecule is Cc1ccccc1OCCC(=O)N1CCN(S(=O)(=O)c2ccc3c(c2)CCC3)CC1. The van der Waals surface area contributed by atoms with Gasteiger partial charge in [-0.25, -0.2) is 8.42 Å². The molecular weight excluding hydrogens is 400 g/mol. The van der Waals surface area contributed by atoms with E-state index in [0.717, 1.165) is 36.1 Å². The quantitative estimate of drug-likeness (QED) is 0.710. The van der Waals surface area contributed by atoms with Gasteiger partial charge in [-0.15, -0.1) is 0 Å². The highest BCUT2D eigenvalue weighted by Gasteiger charge is 2.30. The number of nitrogens with zero attached hydrogens (tertiary/aromatic N) is 2. The Balaban J connectivity index is 1.30. The molecule has 1 heterocycles. The standard InChI is InChI=1S/C23H28N2O4S/c1-18-5-2-3-8-22(18)29-16-11-23(26)24-12-14-25(15-13-24)30(27,28)21-10-9-19-6-4-7-20(19)17-21/h2-3,5,8-10,17H,4,6-7,11-16H2,1H3. The first-order valence-electron chi connectivity index (χ1n) is 10.5. The topological polar surface area (TPSA) is 66.9 Å². The molecule has 6 nitrogen and oxygen atoms in total. The highest BCUT2D eigenvalue weighted by atomic mass is 32.2. The smallest absolute Gasteiger partial charge is 0.243 e. The maximum absolute atomic E-state index is 13.0. The van der Waals surface area contributed by atoms with Crippen molar-refractivity contribution in [3.05, 3.63) is 59.2 Å². The van der Waals surface area contributed by atoms with Crippen molar-refractivity contribution in [1.82, 2.24) is 9.21 Å². The molecule has 160 valence electrons. The average molecular weight is 429 g/mol. The van der Waals surface area contributed by atoms with Crippen LogP contribution in [0.2, 0.25) is 0 Å². The summed E-state index contributed by atoms with van der Waals surface area (Å²) in [5.74, 6) is 0.786. The minimum absolute atomic E-state index is 0.00170. The second kappa shape index (κ2) is 8.78. The van der Waals surface area contributed by atoms with Crippen LogP contribution in [0.1, 0.15) is 29.5 Å². The number of amides is 1. The van der Waals surface area contributed by atoms with Gasteiger partial charge in [0.25, 0.3) is 0 Å². The normalized spacial score (nSPS) is 17.0. The number of ether oxygens (including phenoxy) is 1. The van der Waals surface area contributed by atoms with Gasteiger partial charge in [0.2, 0.25) is 15.9 Å². The first-order valence-corrected chi connectivity index (χ1v) is 12.0. The number of carbonyl (C=O) groups excluding carboxylic acids is 1. The van der Waals surface area contributed by atoms with E-state index in [-0.39, 0.29) is 12.3 Å². The molecule has 0 N–H and O–H groups in total. The summed E-state index contributed by atoms with van der Waals surface area (Å²) >= 11 is 0. The number of rotatable bonds is 6. The number of piperazine rings is 1. The molecule has 7 heteroatoms. The van der Waals surface area contributed by atoms with E-state index in [9.17, 15) is 13.2 Å². The molecule has 2 aliphatic rings. The first-order chi connectivity index (χ1) is 14.4. The van der Waals surface area contributed by atoms with Gasteiger partial charge in [0.1, 0.15) is 5.75 Å². The first kappa shape index (κ1) is 20.9. The van der Waals surface area contributed by atoms with Crippen LogP contribution in [0.3, 0.4) is 0 Å². The zero-order valence-electron chi connectivity index (χ0n) is 17.3. The van der Waals surface area contributed by atoms with Crippen molar-refractivity contribution in [2.24, 2.45) is 0 Å².